The number of carbonyl (C=O) groups is 2. The van der Waals surface area contributed by atoms with E-state index in [0.717, 1.165) is 17.7 Å². The fraction of sp³-hybridized carbons (Fsp3) is 0.467. The van der Waals surface area contributed by atoms with Gasteiger partial charge in [-0.25, -0.2) is 0 Å². The molecular formula is C15H20N2O3. The minimum atomic E-state index is -0.920. The number of anilines is 1. The van der Waals surface area contributed by atoms with Crippen molar-refractivity contribution in [1.29, 1.82) is 0 Å². The molecule has 0 aromatic heterocycles. The van der Waals surface area contributed by atoms with Crippen LogP contribution < -0.4 is 10.6 Å². The van der Waals surface area contributed by atoms with E-state index < -0.39 is 11.5 Å². The number of para-hydroxylation sites is 1. The molecule has 1 aromatic rings. The van der Waals surface area contributed by atoms with Gasteiger partial charge in [0.1, 0.15) is 0 Å². The monoisotopic (exact) mass is 276 g/mol. The lowest BCUT2D eigenvalue weighted by Crippen LogP contribution is -2.60. The van der Waals surface area contributed by atoms with Crippen molar-refractivity contribution >= 4 is 17.6 Å². The van der Waals surface area contributed by atoms with Crippen LogP contribution in [0.1, 0.15) is 31.2 Å². The molecule has 1 aliphatic rings. The molecule has 0 spiro atoms. The van der Waals surface area contributed by atoms with Crippen LogP contribution in [0.15, 0.2) is 24.3 Å². The van der Waals surface area contributed by atoms with Gasteiger partial charge in [0.2, 0.25) is 5.91 Å². The summed E-state index contributed by atoms with van der Waals surface area (Å²) in [5.74, 6) is -1.09. The maximum atomic E-state index is 12.6. The number of hydrogen-bond acceptors (Lipinski definition) is 3. The molecule has 3 N–H and O–H groups in total. The smallest absolute Gasteiger partial charge is 0.305 e. The first-order valence-electron chi connectivity index (χ1n) is 6.82. The molecule has 1 fully saturated rings. The number of rotatable bonds is 5. The SMILES string of the molecule is Cc1ccccc1N(CCC(=O)O)C(=O)C1(N)CCC1. The number of nitrogens with two attached hydrogens (primary N) is 1. The van der Waals surface area contributed by atoms with Gasteiger partial charge in [-0.05, 0) is 37.8 Å². The largest absolute Gasteiger partial charge is 0.481 e. The molecular weight excluding hydrogens is 256 g/mol. The molecule has 5 heteroatoms. The Labute approximate surface area is 118 Å². The van der Waals surface area contributed by atoms with Crippen molar-refractivity contribution < 1.29 is 14.7 Å². The fourth-order valence-corrected chi connectivity index (χ4v) is 2.45. The molecule has 1 saturated carbocycles. The van der Waals surface area contributed by atoms with Gasteiger partial charge >= 0.3 is 5.97 Å². The van der Waals surface area contributed by atoms with Gasteiger partial charge in [-0.3, -0.25) is 9.59 Å². The quantitative estimate of drug-likeness (QED) is 0.857. The van der Waals surface area contributed by atoms with Crippen LogP contribution in [0.25, 0.3) is 0 Å². The number of amides is 1. The first-order valence-corrected chi connectivity index (χ1v) is 6.82. The average Bonchev–Trinajstić information content (AvgIpc) is 2.37. The molecule has 1 amide bonds. The lowest BCUT2D eigenvalue weighted by atomic mass is 9.76. The van der Waals surface area contributed by atoms with E-state index in [1.54, 1.807) is 0 Å². The predicted octanol–water partition coefficient (Wildman–Crippen LogP) is 1.68. The van der Waals surface area contributed by atoms with E-state index in [-0.39, 0.29) is 18.9 Å². The Morgan fingerprint density at radius 1 is 1.35 bits per heavy atom. The second-order valence-electron chi connectivity index (χ2n) is 5.40. The third kappa shape index (κ3) is 2.82. The molecule has 20 heavy (non-hydrogen) atoms. The minimum absolute atomic E-state index is 0.0871. The highest BCUT2D eigenvalue weighted by atomic mass is 16.4. The second-order valence-corrected chi connectivity index (χ2v) is 5.40. The van der Waals surface area contributed by atoms with E-state index in [1.807, 2.05) is 31.2 Å². The lowest BCUT2D eigenvalue weighted by molar-refractivity contribution is -0.136. The maximum Gasteiger partial charge on any atom is 0.305 e. The highest BCUT2D eigenvalue weighted by molar-refractivity contribution is 6.01. The van der Waals surface area contributed by atoms with E-state index in [4.69, 9.17) is 10.8 Å². The van der Waals surface area contributed by atoms with Crippen molar-refractivity contribution in [2.45, 2.75) is 38.1 Å². The highest BCUT2D eigenvalue weighted by Crippen LogP contribution is 2.33. The van der Waals surface area contributed by atoms with E-state index >= 15 is 0 Å². The molecule has 108 valence electrons. The van der Waals surface area contributed by atoms with Crippen LogP contribution in [-0.4, -0.2) is 29.1 Å². The third-order valence-electron chi connectivity index (χ3n) is 3.87. The summed E-state index contributed by atoms with van der Waals surface area (Å²) >= 11 is 0. The Hall–Kier alpha value is -1.88. The molecule has 0 saturated heterocycles. The number of aliphatic carboxylic acids is 1. The zero-order valence-electron chi connectivity index (χ0n) is 11.6. The van der Waals surface area contributed by atoms with Gasteiger partial charge in [0.15, 0.2) is 0 Å². The Balaban J connectivity index is 2.27. The third-order valence-corrected chi connectivity index (χ3v) is 3.87. The van der Waals surface area contributed by atoms with Crippen LogP contribution in [0.2, 0.25) is 0 Å². The molecule has 0 heterocycles. The van der Waals surface area contributed by atoms with Crippen molar-refractivity contribution in [3.63, 3.8) is 0 Å². The summed E-state index contributed by atoms with van der Waals surface area (Å²) < 4.78 is 0. The molecule has 1 aromatic carbocycles. The first kappa shape index (κ1) is 14.5. The number of aryl methyl sites for hydroxylation is 1. The van der Waals surface area contributed by atoms with Gasteiger partial charge in [0.25, 0.3) is 0 Å². The van der Waals surface area contributed by atoms with Crippen LogP contribution >= 0.6 is 0 Å². The van der Waals surface area contributed by atoms with Gasteiger partial charge in [-0.1, -0.05) is 18.2 Å². The van der Waals surface area contributed by atoms with Crippen molar-refractivity contribution in [1.82, 2.24) is 0 Å². The van der Waals surface area contributed by atoms with Crippen LogP contribution in [0.4, 0.5) is 5.69 Å². The standard InChI is InChI=1S/C15H20N2O3/c1-11-5-2-3-6-12(11)17(10-7-13(18)19)14(20)15(16)8-4-9-15/h2-3,5-6H,4,7-10,16H2,1H3,(H,18,19). The summed E-state index contributed by atoms with van der Waals surface area (Å²) in [6.45, 7) is 2.05. The van der Waals surface area contributed by atoms with Crippen molar-refractivity contribution in [3.8, 4) is 0 Å². The number of carbonyl (C=O) groups excluding carboxylic acids is 1. The van der Waals surface area contributed by atoms with Gasteiger partial charge in [0.05, 0.1) is 12.0 Å². The second kappa shape index (κ2) is 5.63. The lowest BCUT2D eigenvalue weighted by Gasteiger charge is -2.40. The van der Waals surface area contributed by atoms with Crippen LogP contribution in [0, 0.1) is 6.92 Å². The van der Waals surface area contributed by atoms with E-state index in [0.29, 0.717) is 12.8 Å². The summed E-state index contributed by atoms with van der Waals surface area (Å²) in [4.78, 5) is 25.0. The van der Waals surface area contributed by atoms with Crippen molar-refractivity contribution in [2.75, 3.05) is 11.4 Å². The zero-order chi connectivity index (χ0) is 14.8. The fourth-order valence-electron chi connectivity index (χ4n) is 2.45. The summed E-state index contributed by atoms with van der Waals surface area (Å²) in [5, 5.41) is 8.87. The number of carboxylic acid groups (broad SMARTS) is 1. The molecule has 5 nitrogen and oxygen atoms in total. The van der Waals surface area contributed by atoms with Crippen LogP contribution in [-0.2, 0) is 9.59 Å². The van der Waals surface area contributed by atoms with Crippen molar-refractivity contribution in [2.24, 2.45) is 5.73 Å². The Morgan fingerprint density at radius 3 is 2.50 bits per heavy atom. The normalized spacial score (nSPS) is 16.3. The van der Waals surface area contributed by atoms with Crippen LogP contribution in [0.5, 0.6) is 0 Å². The van der Waals surface area contributed by atoms with Crippen molar-refractivity contribution in [3.05, 3.63) is 29.8 Å². The first-order chi connectivity index (χ1) is 9.44. The van der Waals surface area contributed by atoms with Gasteiger partial charge < -0.3 is 15.7 Å². The summed E-state index contributed by atoms with van der Waals surface area (Å²) in [5.41, 5.74) is 6.97. The van der Waals surface area contributed by atoms with E-state index in [1.165, 1.54) is 4.90 Å². The van der Waals surface area contributed by atoms with Gasteiger partial charge in [-0.2, -0.15) is 0 Å². The maximum absolute atomic E-state index is 12.6. The molecule has 0 atom stereocenters. The molecule has 2 rings (SSSR count). The summed E-state index contributed by atoms with van der Waals surface area (Å²) in [6.07, 6.45) is 2.20. The van der Waals surface area contributed by atoms with Gasteiger partial charge in [0, 0.05) is 12.2 Å². The summed E-state index contributed by atoms with van der Waals surface area (Å²) in [6, 6.07) is 7.46. The number of nitrogens with zero attached hydrogens (tertiary/aromatic N) is 1. The molecule has 0 bridgehead atoms. The summed E-state index contributed by atoms with van der Waals surface area (Å²) in [7, 11) is 0. The Kier molecular flexibility index (Phi) is 4.09. The zero-order valence-corrected chi connectivity index (χ0v) is 11.6. The van der Waals surface area contributed by atoms with Crippen LogP contribution in [0.3, 0.4) is 0 Å². The van der Waals surface area contributed by atoms with E-state index in [9.17, 15) is 9.59 Å². The Bertz CT molecular complexity index is 524. The van der Waals surface area contributed by atoms with Gasteiger partial charge in [-0.15, -0.1) is 0 Å². The molecule has 1 aliphatic carbocycles. The number of carboxylic acids is 1. The number of benzene rings is 1. The average molecular weight is 276 g/mol. The topological polar surface area (TPSA) is 83.6 Å². The molecule has 0 unspecified atom stereocenters. The Morgan fingerprint density at radius 2 is 2.00 bits per heavy atom. The van der Waals surface area contributed by atoms with E-state index in [2.05, 4.69) is 0 Å². The number of hydrogen-bond donors (Lipinski definition) is 2. The minimum Gasteiger partial charge on any atom is -0.481 e. The highest BCUT2D eigenvalue weighted by Gasteiger charge is 2.43. The molecule has 0 aliphatic heterocycles. The molecule has 0 radical (unpaired) electrons. The predicted molar refractivity (Wildman–Crippen MR) is 76.6 cm³/mol.